The topological polar surface area (TPSA) is 86.7 Å². The Morgan fingerprint density at radius 3 is 1.17 bits per heavy atom. The molecule has 0 radical (unpaired) electrons. The molecule has 0 aromatic rings. The number of esters is 2. The summed E-state index contributed by atoms with van der Waals surface area (Å²) in [5.74, 6) is -0.785. The van der Waals surface area contributed by atoms with E-state index in [9.17, 15) is 19.2 Å². The standard InChI is InChI=1S/C24H36O6/c1-15(25)17-7-11-19(12-8-17)29-23(27)21-5-3-4-6-22(21)24(28)30-20-13-9-18(10-14-20)16(2)26/h17-22H,3-14H2,1-2H3. The maximum atomic E-state index is 12.9. The van der Waals surface area contributed by atoms with Crippen molar-refractivity contribution in [2.75, 3.05) is 0 Å². The number of hydrogen-bond acceptors (Lipinski definition) is 6. The largest absolute Gasteiger partial charge is 0.462 e. The van der Waals surface area contributed by atoms with Gasteiger partial charge in [0.1, 0.15) is 23.8 Å². The number of rotatable bonds is 6. The van der Waals surface area contributed by atoms with E-state index in [0.717, 1.165) is 64.2 Å². The fourth-order valence-electron chi connectivity index (χ4n) is 5.37. The van der Waals surface area contributed by atoms with Crippen LogP contribution in [0, 0.1) is 23.7 Å². The summed E-state index contributed by atoms with van der Waals surface area (Å²) in [5.41, 5.74) is 0. The Morgan fingerprint density at radius 1 is 0.533 bits per heavy atom. The van der Waals surface area contributed by atoms with Crippen LogP contribution >= 0.6 is 0 Å². The summed E-state index contributed by atoms with van der Waals surface area (Å²) in [7, 11) is 0. The van der Waals surface area contributed by atoms with Crippen LogP contribution in [0.2, 0.25) is 0 Å². The van der Waals surface area contributed by atoms with Crippen molar-refractivity contribution in [3.63, 3.8) is 0 Å². The van der Waals surface area contributed by atoms with Gasteiger partial charge in [0.25, 0.3) is 0 Å². The number of Topliss-reactive ketones (excluding diaryl/α,β-unsaturated/α-hetero) is 2. The molecule has 0 saturated heterocycles. The van der Waals surface area contributed by atoms with Crippen molar-refractivity contribution in [1.29, 1.82) is 0 Å². The van der Waals surface area contributed by atoms with Gasteiger partial charge in [-0.25, -0.2) is 0 Å². The van der Waals surface area contributed by atoms with Gasteiger partial charge in [-0.3, -0.25) is 19.2 Å². The second-order valence-corrected chi connectivity index (χ2v) is 9.54. The molecule has 30 heavy (non-hydrogen) atoms. The van der Waals surface area contributed by atoms with Gasteiger partial charge in [-0.05, 0) is 78.1 Å². The van der Waals surface area contributed by atoms with E-state index in [-0.39, 0.29) is 47.5 Å². The predicted octanol–water partition coefficient (Wildman–Crippen LogP) is 4.17. The van der Waals surface area contributed by atoms with Gasteiger partial charge in [-0.1, -0.05) is 12.8 Å². The summed E-state index contributed by atoms with van der Waals surface area (Å²) >= 11 is 0. The molecule has 6 nitrogen and oxygen atoms in total. The minimum Gasteiger partial charge on any atom is -0.462 e. The summed E-state index contributed by atoms with van der Waals surface area (Å²) in [5, 5.41) is 0. The van der Waals surface area contributed by atoms with Crippen molar-refractivity contribution < 1.29 is 28.7 Å². The average molecular weight is 421 g/mol. The maximum Gasteiger partial charge on any atom is 0.310 e. The number of carbonyl (C=O) groups excluding carboxylic acids is 4. The number of hydrogen-bond donors (Lipinski definition) is 0. The van der Waals surface area contributed by atoms with Gasteiger partial charge in [-0.2, -0.15) is 0 Å². The minimum atomic E-state index is -0.426. The third kappa shape index (κ3) is 5.92. The molecule has 2 unspecified atom stereocenters. The van der Waals surface area contributed by atoms with Gasteiger partial charge in [0.05, 0.1) is 11.8 Å². The van der Waals surface area contributed by atoms with Crippen LogP contribution in [-0.2, 0) is 28.7 Å². The van der Waals surface area contributed by atoms with Crippen molar-refractivity contribution in [2.24, 2.45) is 23.7 Å². The summed E-state index contributed by atoms with van der Waals surface area (Å²) in [6.07, 6.45) is 8.84. The Labute approximate surface area is 179 Å². The lowest BCUT2D eigenvalue weighted by molar-refractivity contribution is -0.171. The van der Waals surface area contributed by atoms with Crippen molar-refractivity contribution in [1.82, 2.24) is 0 Å². The zero-order valence-electron chi connectivity index (χ0n) is 18.4. The quantitative estimate of drug-likeness (QED) is 0.599. The zero-order chi connectivity index (χ0) is 21.7. The van der Waals surface area contributed by atoms with Crippen LogP contribution < -0.4 is 0 Å². The summed E-state index contributed by atoms with van der Waals surface area (Å²) in [6, 6.07) is 0. The van der Waals surface area contributed by atoms with E-state index < -0.39 is 11.8 Å². The van der Waals surface area contributed by atoms with Crippen molar-refractivity contribution in [2.45, 2.75) is 103 Å². The number of ketones is 2. The number of carbonyl (C=O) groups is 4. The summed E-state index contributed by atoms with van der Waals surface area (Å²) in [6.45, 7) is 3.25. The molecule has 0 spiro atoms. The van der Waals surface area contributed by atoms with Crippen LogP contribution in [0.4, 0.5) is 0 Å². The highest BCUT2D eigenvalue weighted by atomic mass is 16.6. The third-order valence-corrected chi connectivity index (χ3v) is 7.44. The molecule has 0 amide bonds. The molecule has 0 aromatic heterocycles. The Hall–Kier alpha value is -1.72. The lowest BCUT2D eigenvalue weighted by atomic mass is 9.79. The molecule has 0 heterocycles. The number of ether oxygens (including phenoxy) is 2. The molecule has 6 heteroatoms. The SMILES string of the molecule is CC(=O)C1CCC(OC(=O)C2CCCCC2C(=O)OC2CCC(C(C)=O)CC2)CC1. The fraction of sp³-hybridized carbons (Fsp3) is 0.833. The molecule has 0 aromatic carbocycles. The predicted molar refractivity (Wildman–Crippen MR) is 110 cm³/mol. The van der Waals surface area contributed by atoms with E-state index in [1.54, 1.807) is 13.8 Å². The highest BCUT2D eigenvalue weighted by Gasteiger charge is 2.40. The van der Waals surface area contributed by atoms with Crippen molar-refractivity contribution in [3.8, 4) is 0 Å². The van der Waals surface area contributed by atoms with E-state index in [1.807, 2.05) is 0 Å². The molecule has 0 bridgehead atoms. The van der Waals surface area contributed by atoms with Gasteiger partial charge in [-0.15, -0.1) is 0 Å². The van der Waals surface area contributed by atoms with Gasteiger partial charge < -0.3 is 9.47 Å². The third-order valence-electron chi connectivity index (χ3n) is 7.44. The molecule has 2 atom stereocenters. The van der Waals surface area contributed by atoms with E-state index in [0.29, 0.717) is 12.8 Å². The molecule has 3 aliphatic carbocycles. The Balaban J connectivity index is 1.50. The Morgan fingerprint density at radius 2 is 0.867 bits per heavy atom. The van der Waals surface area contributed by atoms with Gasteiger partial charge in [0.15, 0.2) is 0 Å². The van der Waals surface area contributed by atoms with Gasteiger partial charge in [0, 0.05) is 11.8 Å². The monoisotopic (exact) mass is 420 g/mol. The first kappa shape index (κ1) is 23.0. The van der Waals surface area contributed by atoms with E-state index in [2.05, 4.69) is 0 Å². The highest BCUT2D eigenvalue weighted by molar-refractivity contribution is 5.82. The molecule has 168 valence electrons. The van der Waals surface area contributed by atoms with Crippen LogP contribution in [0.1, 0.15) is 90.9 Å². The fourth-order valence-corrected chi connectivity index (χ4v) is 5.37. The van der Waals surface area contributed by atoms with Crippen LogP contribution in [0.5, 0.6) is 0 Å². The molecule has 3 fully saturated rings. The minimum absolute atomic E-state index is 0.0930. The molecule has 3 aliphatic rings. The molecule has 0 aliphatic heterocycles. The van der Waals surface area contributed by atoms with Gasteiger partial charge >= 0.3 is 11.9 Å². The first-order valence-corrected chi connectivity index (χ1v) is 11.8. The van der Waals surface area contributed by atoms with Crippen LogP contribution in [-0.4, -0.2) is 35.7 Å². The van der Waals surface area contributed by atoms with Crippen LogP contribution in [0.25, 0.3) is 0 Å². The van der Waals surface area contributed by atoms with Crippen molar-refractivity contribution in [3.05, 3.63) is 0 Å². The molecule has 3 rings (SSSR count). The lowest BCUT2D eigenvalue weighted by Crippen LogP contribution is -2.39. The maximum absolute atomic E-state index is 12.9. The van der Waals surface area contributed by atoms with Crippen LogP contribution in [0.3, 0.4) is 0 Å². The Bertz CT molecular complexity index is 584. The van der Waals surface area contributed by atoms with Gasteiger partial charge in [0.2, 0.25) is 0 Å². The molecule has 0 N–H and O–H groups in total. The average Bonchev–Trinajstić information content (AvgIpc) is 2.74. The molecular weight excluding hydrogens is 384 g/mol. The van der Waals surface area contributed by atoms with E-state index >= 15 is 0 Å². The highest BCUT2D eigenvalue weighted by Crippen LogP contribution is 2.35. The Kier molecular flexibility index (Phi) is 8.06. The second kappa shape index (κ2) is 10.5. The second-order valence-electron chi connectivity index (χ2n) is 9.54. The first-order valence-electron chi connectivity index (χ1n) is 11.8. The smallest absolute Gasteiger partial charge is 0.310 e. The van der Waals surface area contributed by atoms with E-state index in [1.165, 1.54) is 0 Å². The lowest BCUT2D eigenvalue weighted by Gasteiger charge is -2.33. The van der Waals surface area contributed by atoms with Crippen molar-refractivity contribution >= 4 is 23.5 Å². The summed E-state index contributed by atoms with van der Waals surface area (Å²) < 4.78 is 11.5. The molecule has 3 saturated carbocycles. The van der Waals surface area contributed by atoms with Crippen LogP contribution in [0.15, 0.2) is 0 Å². The first-order chi connectivity index (χ1) is 14.3. The zero-order valence-corrected chi connectivity index (χ0v) is 18.4. The normalized spacial score (nSPS) is 34.6. The summed E-state index contributed by atoms with van der Waals surface area (Å²) in [4.78, 5) is 48.8. The van der Waals surface area contributed by atoms with E-state index in [4.69, 9.17) is 9.47 Å². The molecular formula is C24H36O6.